The predicted octanol–water partition coefficient (Wildman–Crippen LogP) is 1.27. The second kappa shape index (κ2) is 7.41. The standard InChI is InChI=1S/C18H25N3O4/c1-13(16(22)20-17(23)19-2)21-11-14-5-3-4-6-15(14)25-18(12-21)7-9-24-10-8-18/h3-6,13H,7-12H2,1-2H3,(H2,19,20,22,23). The highest BCUT2D eigenvalue weighted by atomic mass is 16.5. The number of nitrogens with one attached hydrogen (secondary N) is 2. The molecule has 1 fully saturated rings. The Morgan fingerprint density at radius 2 is 1.96 bits per heavy atom. The first-order valence-electron chi connectivity index (χ1n) is 8.64. The van der Waals surface area contributed by atoms with Crippen LogP contribution in [-0.2, 0) is 16.1 Å². The highest BCUT2D eigenvalue weighted by Crippen LogP contribution is 2.35. The predicted molar refractivity (Wildman–Crippen MR) is 92.3 cm³/mol. The molecule has 136 valence electrons. The van der Waals surface area contributed by atoms with Gasteiger partial charge in [0.25, 0.3) is 0 Å². The van der Waals surface area contributed by atoms with Gasteiger partial charge in [0, 0.05) is 38.5 Å². The molecule has 1 spiro atoms. The van der Waals surface area contributed by atoms with Crippen LogP contribution in [0.3, 0.4) is 0 Å². The summed E-state index contributed by atoms with van der Waals surface area (Å²) >= 11 is 0. The molecule has 1 unspecified atom stereocenters. The normalized spacial score (nSPS) is 20.7. The topological polar surface area (TPSA) is 79.9 Å². The number of carbonyl (C=O) groups excluding carboxylic acids is 2. The van der Waals surface area contributed by atoms with Gasteiger partial charge in [-0.3, -0.25) is 15.0 Å². The number of benzene rings is 1. The fraction of sp³-hybridized carbons (Fsp3) is 0.556. The molecule has 1 aromatic rings. The molecule has 7 heteroatoms. The zero-order valence-corrected chi connectivity index (χ0v) is 14.7. The van der Waals surface area contributed by atoms with E-state index in [4.69, 9.17) is 9.47 Å². The molecule has 3 amide bonds. The maximum Gasteiger partial charge on any atom is 0.321 e. The molecule has 3 rings (SSSR count). The van der Waals surface area contributed by atoms with Crippen molar-refractivity contribution < 1.29 is 19.1 Å². The number of carbonyl (C=O) groups is 2. The highest BCUT2D eigenvalue weighted by Gasteiger charge is 2.41. The molecule has 25 heavy (non-hydrogen) atoms. The number of hydrogen-bond acceptors (Lipinski definition) is 5. The van der Waals surface area contributed by atoms with Crippen molar-refractivity contribution in [2.24, 2.45) is 0 Å². The lowest BCUT2D eigenvalue weighted by Gasteiger charge is -2.40. The van der Waals surface area contributed by atoms with Crippen molar-refractivity contribution in [3.05, 3.63) is 29.8 Å². The first kappa shape index (κ1) is 17.7. The van der Waals surface area contributed by atoms with Crippen molar-refractivity contribution in [2.45, 2.75) is 38.0 Å². The van der Waals surface area contributed by atoms with Crippen LogP contribution in [0.2, 0.25) is 0 Å². The van der Waals surface area contributed by atoms with Crippen molar-refractivity contribution in [3.8, 4) is 5.75 Å². The Kier molecular flexibility index (Phi) is 5.24. The Morgan fingerprint density at radius 1 is 1.24 bits per heavy atom. The number of amides is 3. The SMILES string of the molecule is CNC(=O)NC(=O)C(C)N1Cc2ccccc2OC2(CCOCC2)C1. The van der Waals surface area contributed by atoms with Crippen molar-refractivity contribution in [2.75, 3.05) is 26.8 Å². The zero-order chi connectivity index (χ0) is 17.9. The molecule has 7 nitrogen and oxygen atoms in total. The van der Waals surface area contributed by atoms with Gasteiger partial charge in [-0.1, -0.05) is 18.2 Å². The van der Waals surface area contributed by atoms with E-state index in [0.717, 1.165) is 24.2 Å². The fourth-order valence-corrected chi connectivity index (χ4v) is 3.37. The molecule has 2 heterocycles. The van der Waals surface area contributed by atoms with Crippen LogP contribution in [0.4, 0.5) is 4.79 Å². The van der Waals surface area contributed by atoms with E-state index in [1.807, 2.05) is 31.2 Å². The summed E-state index contributed by atoms with van der Waals surface area (Å²) in [7, 11) is 1.49. The van der Waals surface area contributed by atoms with Crippen molar-refractivity contribution in [1.29, 1.82) is 0 Å². The van der Waals surface area contributed by atoms with Crippen LogP contribution in [-0.4, -0.2) is 55.3 Å². The van der Waals surface area contributed by atoms with E-state index in [1.54, 1.807) is 0 Å². The summed E-state index contributed by atoms with van der Waals surface area (Å²) in [6.45, 7) is 4.33. The number of nitrogens with zero attached hydrogens (tertiary/aromatic N) is 1. The van der Waals surface area contributed by atoms with Crippen LogP contribution in [0.25, 0.3) is 0 Å². The van der Waals surface area contributed by atoms with Crippen molar-refractivity contribution in [1.82, 2.24) is 15.5 Å². The maximum absolute atomic E-state index is 12.4. The first-order valence-corrected chi connectivity index (χ1v) is 8.64. The minimum atomic E-state index is -0.496. The maximum atomic E-state index is 12.4. The van der Waals surface area contributed by atoms with Crippen LogP contribution in [0.5, 0.6) is 5.75 Å². The van der Waals surface area contributed by atoms with E-state index in [-0.39, 0.29) is 11.5 Å². The van der Waals surface area contributed by atoms with Gasteiger partial charge in [-0.05, 0) is 13.0 Å². The Labute approximate surface area is 147 Å². The Bertz CT molecular complexity index is 643. The van der Waals surface area contributed by atoms with Crippen molar-refractivity contribution in [3.63, 3.8) is 0 Å². The van der Waals surface area contributed by atoms with E-state index in [0.29, 0.717) is 26.3 Å². The van der Waals surface area contributed by atoms with Gasteiger partial charge in [0.1, 0.15) is 11.4 Å². The van der Waals surface area contributed by atoms with Crippen LogP contribution in [0.1, 0.15) is 25.3 Å². The summed E-state index contributed by atoms with van der Waals surface area (Å²) in [5, 5.41) is 4.77. The number of urea groups is 1. The minimum absolute atomic E-state index is 0.319. The molecular weight excluding hydrogens is 322 g/mol. The lowest BCUT2D eigenvalue weighted by Crippen LogP contribution is -2.55. The van der Waals surface area contributed by atoms with Gasteiger partial charge in [0.15, 0.2) is 0 Å². The molecule has 1 aromatic carbocycles. The molecule has 0 bridgehead atoms. The zero-order valence-electron chi connectivity index (χ0n) is 14.7. The van der Waals surface area contributed by atoms with E-state index in [2.05, 4.69) is 15.5 Å². The summed E-state index contributed by atoms with van der Waals surface area (Å²) in [4.78, 5) is 26.0. The second-order valence-electron chi connectivity index (χ2n) is 6.65. The molecule has 2 aliphatic rings. The molecule has 2 aliphatic heterocycles. The number of para-hydroxylation sites is 1. The number of imide groups is 1. The van der Waals surface area contributed by atoms with Gasteiger partial charge >= 0.3 is 6.03 Å². The summed E-state index contributed by atoms with van der Waals surface area (Å²) in [6, 6.07) is 6.98. The number of rotatable bonds is 2. The number of fused-ring (bicyclic) bond motifs is 1. The number of hydrogen-bond donors (Lipinski definition) is 2. The lowest BCUT2D eigenvalue weighted by molar-refractivity contribution is -0.126. The van der Waals surface area contributed by atoms with E-state index < -0.39 is 12.1 Å². The third kappa shape index (κ3) is 3.93. The number of ether oxygens (including phenoxy) is 2. The molecule has 0 saturated carbocycles. The minimum Gasteiger partial charge on any atom is -0.485 e. The fourth-order valence-electron chi connectivity index (χ4n) is 3.37. The van der Waals surface area contributed by atoms with Gasteiger partial charge in [-0.15, -0.1) is 0 Å². The third-order valence-corrected chi connectivity index (χ3v) is 4.96. The molecular formula is C18H25N3O4. The van der Waals surface area contributed by atoms with Crippen molar-refractivity contribution >= 4 is 11.9 Å². The molecule has 1 saturated heterocycles. The van der Waals surface area contributed by atoms with Gasteiger partial charge < -0.3 is 14.8 Å². The van der Waals surface area contributed by atoms with Gasteiger partial charge in [0.2, 0.25) is 5.91 Å². The van der Waals surface area contributed by atoms with Gasteiger partial charge in [-0.2, -0.15) is 0 Å². The second-order valence-corrected chi connectivity index (χ2v) is 6.65. The Balaban J connectivity index is 1.85. The molecule has 2 N–H and O–H groups in total. The van der Waals surface area contributed by atoms with E-state index in [1.165, 1.54) is 7.05 Å². The van der Waals surface area contributed by atoms with Gasteiger partial charge in [0.05, 0.1) is 19.3 Å². The van der Waals surface area contributed by atoms with Crippen LogP contribution in [0.15, 0.2) is 24.3 Å². The lowest BCUT2D eigenvalue weighted by atomic mass is 9.93. The monoisotopic (exact) mass is 347 g/mol. The summed E-state index contributed by atoms with van der Waals surface area (Å²) in [5.74, 6) is 0.548. The largest absolute Gasteiger partial charge is 0.485 e. The van der Waals surface area contributed by atoms with Crippen LogP contribution < -0.4 is 15.4 Å². The van der Waals surface area contributed by atoms with Gasteiger partial charge in [-0.25, -0.2) is 4.79 Å². The Hall–Kier alpha value is -2.12. The highest BCUT2D eigenvalue weighted by molar-refractivity contribution is 5.96. The summed E-state index contributed by atoms with van der Waals surface area (Å²) < 4.78 is 11.9. The van der Waals surface area contributed by atoms with Crippen LogP contribution in [0, 0.1) is 0 Å². The molecule has 0 aliphatic carbocycles. The quantitative estimate of drug-likeness (QED) is 0.842. The third-order valence-electron chi connectivity index (χ3n) is 4.96. The summed E-state index contributed by atoms with van der Waals surface area (Å²) in [5.41, 5.74) is 0.678. The Morgan fingerprint density at radius 3 is 2.68 bits per heavy atom. The first-order chi connectivity index (χ1) is 12.0. The molecule has 0 aromatic heterocycles. The van der Waals surface area contributed by atoms with E-state index >= 15 is 0 Å². The average molecular weight is 347 g/mol. The molecule has 0 radical (unpaired) electrons. The molecule has 1 atom stereocenters. The average Bonchev–Trinajstić information content (AvgIpc) is 2.77. The smallest absolute Gasteiger partial charge is 0.321 e. The summed E-state index contributed by atoms with van der Waals surface area (Å²) in [6.07, 6.45) is 1.56. The van der Waals surface area contributed by atoms with E-state index in [9.17, 15) is 9.59 Å². The van der Waals surface area contributed by atoms with Crippen LogP contribution >= 0.6 is 0 Å².